The van der Waals surface area contributed by atoms with Crippen LogP contribution >= 0.6 is 11.6 Å². The van der Waals surface area contributed by atoms with Crippen LogP contribution in [0.25, 0.3) is 5.69 Å². The highest BCUT2D eigenvalue weighted by molar-refractivity contribution is 6.33. The number of ether oxygens (including phenoxy) is 1. The van der Waals surface area contributed by atoms with Gasteiger partial charge in [-0.2, -0.15) is 0 Å². The Morgan fingerprint density at radius 2 is 1.91 bits per heavy atom. The quantitative estimate of drug-likeness (QED) is 0.470. The topological polar surface area (TPSA) is 85.5 Å². The molecule has 0 saturated heterocycles. The first kappa shape index (κ1) is 24.3. The van der Waals surface area contributed by atoms with E-state index in [0.29, 0.717) is 5.69 Å². The molecule has 3 rings (SSSR count). The molecular formula is C21H25ClF3N3O4. The molecule has 0 spiro atoms. The van der Waals surface area contributed by atoms with Gasteiger partial charge in [0.15, 0.2) is 0 Å². The van der Waals surface area contributed by atoms with E-state index in [1.807, 2.05) is 0 Å². The molecule has 0 bridgehead atoms. The summed E-state index contributed by atoms with van der Waals surface area (Å²) in [5, 5.41) is 13.2. The number of hydrogen-bond acceptors (Lipinski definition) is 4. The highest BCUT2D eigenvalue weighted by atomic mass is 35.5. The zero-order valence-electron chi connectivity index (χ0n) is 17.3. The fourth-order valence-corrected chi connectivity index (χ4v) is 4.04. The maximum absolute atomic E-state index is 12.7. The zero-order chi connectivity index (χ0) is 23.3. The van der Waals surface area contributed by atoms with Crippen LogP contribution in [0.4, 0.5) is 13.2 Å². The Labute approximate surface area is 187 Å². The minimum absolute atomic E-state index is 0.0287. The first-order chi connectivity index (χ1) is 15.2. The maximum Gasteiger partial charge on any atom is 0.522 e. The summed E-state index contributed by atoms with van der Waals surface area (Å²) in [6.45, 7) is -0.999. The summed E-state index contributed by atoms with van der Waals surface area (Å²) < 4.78 is 42.3. The van der Waals surface area contributed by atoms with Gasteiger partial charge < -0.3 is 10.4 Å². The molecule has 1 aliphatic rings. The van der Waals surface area contributed by atoms with Crippen LogP contribution in [0.15, 0.2) is 35.4 Å². The molecule has 1 aromatic heterocycles. The molecule has 2 N–H and O–H groups in total. The summed E-state index contributed by atoms with van der Waals surface area (Å²) in [4.78, 5) is 25.3. The predicted molar refractivity (Wildman–Crippen MR) is 112 cm³/mol. The van der Waals surface area contributed by atoms with Crippen LogP contribution in [0, 0.1) is 5.92 Å². The van der Waals surface area contributed by atoms with Gasteiger partial charge in [-0.3, -0.25) is 18.7 Å². The van der Waals surface area contributed by atoms with Crippen molar-refractivity contribution >= 4 is 17.5 Å². The summed E-state index contributed by atoms with van der Waals surface area (Å²) in [7, 11) is 0. The average molecular weight is 476 g/mol. The number of rotatable bonds is 7. The third-order valence-electron chi connectivity index (χ3n) is 5.54. The highest BCUT2D eigenvalue weighted by Crippen LogP contribution is 2.26. The van der Waals surface area contributed by atoms with Gasteiger partial charge in [-0.25, -0.2) is 4.79 Å². The van der Waals surface area contributed by atoms with E-state index < -0.39 is 30.8 Å². The lowest BCUT2D eigenvalue weighted by molar-refractivity contribution is -0.325. The summed E-state index contributed by atoms with van der Waals surface area (Å²) >= 11 is 6.17. The number of imidazole rings is 1. The summed E-state index contributed by atoms with van der Waals surface area (Å²) in [6, 6.07) is 4.36. The molecule has 1 fully saturated rings. The number of carbonyl (C=O) groups excluding carboxylic acids is 1. The van der Waals surface area contributed by atoms with Crippen molar-refractivity contribution in [2.24, 2.45) is 5.92 Å². The molecule has 1 unspecified atom stereocenters. The Kier molecular flexibility index (Phi) is 8.02. The normalized spacial score (nSPS) is 16.5. The van der Waals surface area contributed by atoms with Crippen LogP contribution in [0.3, 0.4) is 0 Å². The van der Waals surface area contributed by atoms with E-state index in [9.17, 15) is 27.9 Å². The van der Waals surface area contributed by atoms with Crippen LogP contribution in [0.5, 0.6) is 0 Å². The molecular weight excluding hydrogens is 451 g/mol. The number of carbonyl (C=O) groups is 1. The second-order valence-electron chi connectivity index (χ2n) is 7.77. The minimum atomic E-state index is -4.77. The molecule has 1 heterocycles. The molecule has 11 heteroatoms. The number of alkyl halides is 3. The molecule has 0 radical (unpaired) electrons. The number of aliphatic hydroxyl groups is 1. The van der Waals surface area contributed by atoms with Crippen LogP contribution in [-0.4, -0.2) is 39.3 Å². The van der Waals surface area contributed by atoms with Gasteiger partial charge in [0.25, 0.3) is 5.91 Å². The van der Waals surface area contributed by atoms with Crippen molar-refractivity contribution in [3.63, 3.8) is 0 Å². The van der Waals surface area contributed by atoms with Crippen molar-refractivity contribution in [3.8, 4) is 5.69 Å². The van der Waals surface area contributed by atoms with Crippen molar-refractivity contribution in [2.45, 2.75) is 57.7 Å². The van der Waals surface area contributed by atoms with E-state index in [1.165, 1.54) is 35.2 Å². The van der Waals surface area contributed by atoms with Gasteiger partial charge in [0.1, 0.15) is 6.23 Å². The van der Waals surface area contributed by atoms with E-state index in [4.69, 9.17) is 11.6 Å². The fraction of sp³-hybridized carbons (Fsp3) is 0.524. The lowest BCUT2D eigenvalue weighted by atomic mass is 9.98. The minimum Gasteiger partial charge on any atom is -0.373 e. The smallest absolute Gasteiger partial charge is 0.373 e. The highest BCUT2D eigenvalue weighted by Gasteiger charge is 2.29. The molecule has 1 aromatic carbocycles. The van der Waals surface area contributed by atoms with Crippen LogP contribution < -0.4 is 11.0 Å². The number of aliphatic hydroxyl groups excluding tert-OH is 1. The van der Waals surface area contributed by atoms with Gasteiger partial charge in [0, 0.05) is 18.3 Å². The Morgan fingerprint density at radius 3 is 2.56 bits per heavy atom. The van der Waals surface area contributed by atoms with E-state index in [-0.39, 0.29) is 23.0 Å². The number of hydrogen-bond donors (Lipinski definition) is 2. The van der Waals surface area contributed by atoms with Crippen LogP contribution in [0.1, 0.15) is 48.9 Å². The van der Waals surface area contributed by atoms with Crippen molar-refractivity contribution in [1.29, 1.82) is 0 Å². The molecule has 1 aliphatic carbocycles. The summed E-state index contributed by atoms with van der Waals surface area (Å²) in [5.74, 6) is -0.598. The molecule has 0 aliphatic heterocycles. The second kappa shape index (κ2) is 10.5. The standard InChI is InChI=1S/C21H25ClF3N3O4/c22-17-8-7-15(28-10-9-27(20(28)31)11-12-32-21(23,24)25)13-16(17)19(30)26-18(29)14-5-3-1-2-4-6-14/h7-10,13-14,18,29H,1-6,11-12H2,(H,26,30). The van der Waals surface area contributed by atoms with Gasteiger partial charge in [-0.1, -0.05) is 37.3 Å². The number of nitrogens with one attached hydrogen (secondary N) is 1. The fourth-order valence-electron chi connectivity index (χ4n) is 3.83. The summed E-state index contributed by atoms with van der Waals surface area (Å²) in [5.41, 5.74) is -0.205. The first-order valence-corrected chi connectivity index (χ1v) is 10.8. The van der Waals surface area contributed by atoms with Crippen LogP contribution in [0.2, 0.25) is 5.02 Å². The molecule has 7 nitrogen and oxygen atoms in total. The van der Waals surface area contributed by atoms with Gasteiger partial charge in [0.2, 0.25) is 0 Å². The van der Waals surface area contributed by atoms with Gasteiger partial charge in [-0.15, -0.1) is 13.2 Å². The number of nitrogens with zero attached hydrogens (tertiary/aromatic N) is 2. The number of halogens is 4. The van der Waals surface area contributed by atoms with Gasteiger partial charge >= 0.3 is 12.1 Å². The summed E-state index contributed by atoms with van der Waals surface area (Å²) in [6.07, 6.45) is 2.82. The third kappa shape index (κ3) is 6.36. The molecule has 1 atom stereocenters. The number of aromatic nitrogens is 2. The van der Waals surface area contributed by atoms with Crippen molar-refractivity contribution in [2.75, 3.05) is 6.61 Å². The van der Waals surface area contributed by atoms with Crippen LogP contribution in [-0.2, 0) is 11.3 Å². The SMILES string of the molecule is O=C(NC(O)C1CCCCCC1)c1cc(-n2ccn(CCOC(F)(F)F)c2=O)ccc1Cl. The Balaban J connectivity index is 1.73. The largest absolute Gasteiger partial charge is 0.522 e. The molecule has 2 aromatic rings. The van der Waals surface area contributed by atoms with E-state index >= 15 is 0 Å². The van der Waals surface area contributed by atoms with E-state index in [2.05, 4.69) is 10.1 Å². The monoisotopic (exact) mass is 475 g/mol. The Hall–Kier alpha value is -2.30. The second-order valence-corrected chi connectivity index (χ2v) is 8.18. The zero-order valence-corrected chi connectivity index (χ0v) is 18.0. The average Bonchev–Trinajstić information content (AvgIpc) is 2.93. The Bertz CT molecular complexity index is 981. The van der Waals surface area contributed by atoms with Gasteiger partial charge in [-0.05, 0) is 31.0 Å². The maximum atomic E-state index is 12.7. The Morgan fingerprint density at radius 1 is 1.22 bits per heavy atom. The predicted octanol–water partition coefficient (Wildman–Crippen LogP) is 3.85. The van der Waals surface area contributed by atoms with E-state index in [0.717, 1.165) is 43.1 Å². The molecule has 1 saturated carbocycles. The first-order valence-electron chi connectivity index (χ1n) is 10.4. The number of benzene rings is 1. The van der Waals surface area contributed by atoms with Gasteiger partial charge in [0.05, 0.1) is 29.4 Å². The van der Waals surface area contributed by atoms with E-state index in [1.54, 1.807) is 0 Å². The lowest BCUT2D eigenvalue weighted by Gasteiger charge is -2.22. The third-order valence-corrected chi connectivity index (χ3v) is 5.87. The molecule has 32 heavy (non-hydrogen) atoms. The van der Waals surface area contributed by atoms with Crippen molar-refractivity contribution in [3.05, 3.63) is 51.7 Å². The van der Waals surface area contributed by atoms with Crippen molar-refractivity contribution < 1.29 is 27.8 Å². The molecule has 176 valence electrons. The lowest BCUT2D eigenvalue weighted by Crippen LogP contribution is -2.40. The van der Waals surface area contributed by atoms with Crippen molar-refractivity contribution in [1.82, 2.24) is 14.5 Å². The molecule has 1 amide bonds. The number of amides is 1.